The third-order valence-electron chi connectivity index (χ3n) is 3.21. The molecule has 1 heterocycles. The largest absolute Gasteiger partial charge is 0.292 e. The first-order chi connectivity index (χ1) is 10.1. The van der Waals surface area contributed by atoms with Gasteiger partial charge in [-0.3, -0.25) is 14.7 Å². The van der Waals surface area contributed by atoms with Gasteiger partial charge in [0.1, 0.15) is 11.6 Å². The van der Waals surface area contributed by atoms with Gasteiger partial charge in [-0.25, -0.2) is 8.78 Å². The average Bonchev–Trinajstić information content (AvgIpc) is 2.47. The van der Waals surface area contributed by atoms with Crippen LogP contribution in [-0.2, 0) is 6.54 Å². The van der Waals surface area contributed by atoms with Gasteiger partial charge in [-0.2, -0.15) is 0 Å². The second-order valence-corrected chi connectivity index (χ2v) is 4.68. The number of rotatable bonds is 6. The first-order valence-electron chi connectivity index (χ1n) is 6.70. The number of pyridine rings is 1. The summed E-state index contributed by atoms with van der Waals surface area (Å²) < 4.78 is 27.2. The quantitative estimate of drug-likeness (QED) is 0.767. The summed E-state index contributed by atoms with van der Waals surface area (Å²) in [4.78, 5) is 17.9. The van der Waals surface area contributed by atoms with Crippen molar-refractivity contribution in [3.63, 3.8) is 0 Å². The summed E-state index contributed by atoms with van der Waals surface area (Å²) in [6.45, 7) is 2.99. The summed E-state index contributed by atoms with van der Waals surface area (Å²) in [6.07, 6.45) is 3.34. The normalized spacial score (nSPS) is 10.9. The highest BCUT2D eigenvalue weighted by Gasteiger charge is 2.19. The molecule has 21 heavy (non-hydrogen) atoms. The Morgan fingerprint density at radius 3 is 2.33 bits per heavy atom. The van der Waals surface area contributed by atoms with Gasteiger partial charge in [-0.1, -0.05) is 13.0 Å². The van der Waals surface area contributed by atoms with Crippen LogP contribution in [0.1, 0.15) is 22.8 Å². The fourth-order valence-electron chi connectivity index (χ4n) is 2.07. The molecule has 2 aromatic rings. The highest BCUT2D eigenvalue weighted by molar-refractivity contribution is 5.98. The van der Waals surface area contributed by atoms with Gasteiger partial charge in [0.2, 0.25) is 0 Å². The first kappa shape index (κ1) is 15.3. The van der Waals surface area contributed by atoms with Crippen LogP contribution in [0.4, 0.5) is 8.78 Å². The van der Waals surface area contributed by atoms with E-state index in [0.717, 1.165) is 17.7 Å². The molecule has 0 saturated heterocycles. The topological polar surface area (TPSA) is 33.2 Å². The van der Waals surface area contributed by atoms with E-state index in [1.807, 2.05) is 24.0 Å². The molecule has 0 atom stereocenters. The van der Waals surface area contributed by atoms with Crippen molar-refractivity contribution in [3.05, 3.63) is 65.5 Å². The van der Waals surface area contributed by atoms with Gasteiger partial charge in [-0.15, -0.1) is 0 Å². The van der Waals surface area contributed by atoms with Crippen molar-refractivity contribution in [1.29, 1.82) is 0 Å². The third kappa shape index (κ3) is 3.92. The minimum atomic E-state index is -0.819. The lowest BCUT2D eigenvalue weighted by Crippen LogP contribution is -2.30. The monoisotopic (exact) mass is 290 g/mol. The highest BCUT2D eigenvalue weighted by atomic mass is 19.1. The number of hydrogen-bond acceptors (Lipinski definition) is 3. The van der Waals surface area contributed by atoms with E-state index < -0.39 is 23.0 Å². The van der Waals surface area contributed by atoms with Crippen LogP contribution in [0.2, 0.25) is 0 Å². The lowest BCUT2D eigenvalue weighted by atomic mass is 10.1. The summed E-state index contributed by atoms with van der Waals surface area (Å²) in [5.41, 5.74) is 0.527. The van der Waals surface area contributed by atoms with Gasteiger partial charge < -0.3 is 0 Å². The van der Waals surface area contributed by atoms with Crippen molar-refractivity contribution in [2.75, 3.05) is 13.1 Å². The van der Waals surface area contributed by atoms with E-state index in [9.17, 15) is 13.6 Å². The third-order valence-corrected chi connectivity index (χ3v) is 3.21. The number of carbonyl (C=O) groups excluding carboxylic acids is 1. The van der Waals surface area contributed by atoms with Gasteiger partial charge in [0, 0.05) is 18.9 Å². The van der Waals surface area contributed by atoms with Crippen molar-refractivity contribution in [3.8, 4) is 0 Å². The van der Waals surface area contributed by atoms with Crippen LogP contribution in [0.25, 0.3) is 0 Å². The summed E-state index contributed by atoms with van der Waals surface area (Å²) in [7, 11) is 0. The van der Waals surface area contributed by atoms with E-state index >= 15 is 0 Å². The lowest BCUT2D eigenvalue weighted by Gasteiger charge is -2.19. The fraction of sp³-hybridized carbons (Fsp3) is 0.250. The van der Waals surface area contributed by atoms with Gasteiger partial charge in [0.15, 0.2) is 5.78 Å². The smallest absolute Gasteiger partial charge is 0.182 e. The molecule has 110 valence electrons. The van der Waals surface area contributed by atoms with Crippen LogP contribution in [0.15, 0.2) is 42.7 Å². The second kappa shape index (κ2) is 7.04. The van der Waals surface area contributed by atoms with Crippen LogP contribution in [0.3, 0.4) is 0 Å². The predicted octanol–water partition coefficient (Wildman–Crippen LogP) is 3.06. The number of aromatic nitrogens is 1. The van der Waals surface area contributed by atoms with Crippen molar-refractivity contribution >= 4 is 5.78 Å². The van der Waals surface area contributed by atoms with Crippen LogP contribution < -0.4 is 0 Å². The van der Waals surface area contributed by atoms with E-state index in [1.165, 1.54) is 6.07 Å². The van der Waals surface area contributed by atoms with Gasteiger partial charge in [-0.05, 0) is 36.4 Å². The fourth-order valence-corrected chi connectivity index (χ4v) is 2.07. The Balaban J connectivity index is 2.10. The molecule has 1 aromatic carbocycles. The minimum Gasteiger partial charge on any atom is -0.292 e. The van der Waals surface area contributed by atoms with Crippen molar-refractivity contribution in [1.82, 2.24) is 9.88 Å². The number of nitrogens with zero attached hydrogens (tertiary/aromatic N) is 2. The van der Waals surface area contributed by atoms with Gasteiger partial charge in [0.05, 0.1) is 12.1 Å². The Labute approximate surface area is 122 Å². The van der Waals surface area contributed by atoms with Crippen LogP contribution >= 0.6 is 0 Å². The number of carbonyl (C=O) groups is 1. The number of hydrogen-bond donors (Lipinski definition) is 0. The number of ketones is 1. The van der Waals surface area contributed by atoms with E-state index in [-0.39, 0.29) is 6.54 Å². The van der Waals surface area contributed by atoms with Crippen LogP contribution in [0.5, 0.6) is 0 Å². The predicted molar refractivity (Wildman–Crippen MR) is 75.9 cm³/mol. The SMILES string of the molecule is CCN(CC(=O)c1c(F)cccc1F)Cc1ccncc1. The maximum atomic E-state index is 13.6. The van der Waals surface area contributed by atoms with E-state index in [2.05, 4.69) is 4.98 Å². The Hall–Kier alpha value is -2.14. The summed E-state index contributed by atoms with van der Waals surface area (Å²) in [5.74, 6) is -2.19. The average molecular weight is 290 g/mol. The molecule has 0 radical (unpaired) electrons. The number of benzene rings is 1. The number of likely N-dealkylation sites (N-methyl/N-ethyl adjacent to an activating group) is 1. The Morgan fingerprint density at radius 1 is 1.14 bits per heavy atom. The zero-order valence-corrected chi connectivity index (χ0v) is 11.7. The van der Waals surface area contributed by atoms with Crippen molar-refractivity contribution in [2.45, 2.75) is 13.5 Å². The molecule has 0 saturated carbocycles. The molecule has 0 aliphatic rings. The van der Waals surface area contributed by atoms with Gasteiger partial charge in [0.25, 0.3) is 0 Å². The Morgan fingerprint density at radius 2 is 1.76 bits per heavy atom. The minimum absolute atomic E-state index is 0.0311. The van der Waals surface area contributed by atoms with Crippen molar-refractivity contribution in [2.24, 2.45) is 0 Å². The van der Waals surface area contributed by atoms with Crippen molar-refractivity contribution < 1.29 is 13.6 Å². The zero-order valence-electron chi connectivity index (χ0n) is 11.7. The molecule has 0 spiro atoms. The summed E-state index contributed by atoms with van der Waals surface area (Å²) in [5, 5.41) is 0. The van der Waals surface area contributed by atoms with E-state index in [4.69, 9.17) is 0 Å². The molecule has 0 N–H and O–H groups in total. The standard InChI is InChI=1S/C16H16F2N2O/c1-2-20(10-12-6-8-19-9-7-12)11-15(21)16-13(17)4-3-5-14(16)18/h3-9H,2,10-11H2,1H3. The molecule has 0 aliphatic heterocycles. The zero-order chi connectivity index (χ0) is 15.2. The molecule has 2 rings (SSSR count). The highest BCUT2D eigenvalue weighted by Crippen LogP contribution is 2.14. The Bertz CT molecular complexity index is 597. The molecule has 0 fully saturated rings. The molecule has 0 aliphatic carbocycles. The molecule has 0 unspecified atom stereocenters. The van der Waals surface area contributed by atoms with E-state index in [1.54, 1.807) is 12.4 Å². The van der Waals surface area contributed by atoms with Gasteiger partial charge >= 0.3 is 0 Å². The molecule has 1 aromatic heterocycles. The van der Waals surface area contributed by atoms with Crippen LogP contribution in [-0.4, -0.2) is 28.8 Å². The molecular weight excluding hydrogens is 274 g/mol. The lowest BCUT2D eigenvalue weighted by molar-refractivity contribution is 0.0921. The molecule has 3 nitrogen and oxygen atoms in total. The molecular formula is C16H16F2N2O. The first-order valence-corrected chi connectivity index (χ1v) is 6.70. The maximum absolute atomic E-state index is 13.6. The van der Waals surface area contributed by atoms with E-state index in [0.29, 0.717) is 13.1 Å². The summed E-state index contributed by atoms with van der Waals surface area (Å²) >= 11 is 0. The molecule has 5 heteroatoms. The summed E-state index contributed by atoms with van der Waals surface area (Å²) in [6, 6.07) is 7.12. The number of halogens is 2. The molecule has 0 bridgehead atoms. The second-order valence-electron chi connectivity index (χ2n) is 4.68. The van der Waals surface area contributed by atoms with Crippen LogP contribution in [0, 0.1) is 11.6 Å². The maximum Gasteiger partial charge on any atom is 0.182 e. The molecule has 0 amide bonds. The number of Topliss-reactive ketones (excluding diaryl/α,β-unsaturated/α-hetero) is 1. The Kier molecular flexibility index (Phi) is 5.11.